The molecule has 0 bridgehead atoms. The van der Waals surface area contributed by atoms with Crippen LogP contribution in [-0.4, -0.2) is 54.5 Å². The molecule has 2 aromatic rings. The van der Waals surface area contributed by atoms with Crippen molar-refractivity contribution >= 4 is 11.3 Å². The fourth-order valence-electron chi connectivity index (χ4n) is 2.47. The van der Waals surface area contributed by atoms with Crippen molar-refractivity contribution in [1.29, 1.82) is 0 Å². The highest BCUT2D eigenvalue weighted by molar-refractivity contribution is 5.65. The first-order valence-electron chi connectivity index (χ1n) is 6.15. The smallest absolute Gasteiger partial charge is 0.387 e. The Morgan fingerprint density at radius 3 is 2.86 bits per heavy atom. The summed E-state index contributed by atoms with van der Waals surface area (Å²) in [7, 11) is 0. The summed E-state index contributed by atoms with van der Waals surface area (Å²) in [6.07, 6.45) is -2.68. The van der Waals surface area contributed by atoms with Crippen LogP contribution in [0.3, 0.4) is 0 Å². The van der Waals surface area contributed by atoms with Gasteiger partial charge in [0.2, 0.25) is 0 Å². The Kier molecular flexibility index (Phi) is 3.03. The maximum atomic E-state index is 10.1. The van der Waals surface area contributed by atoms with E-state index in [1.807, 2.05) is 0 Å². The lowest BCUT2D eigenvalue weighted by molar-refractivity contribution is -0.0819. The van der Waals surface area contributed by atoms with Crippen molar-refractivity contribution in [3.8, 4) is 0 Å². The van der Waals surface area contributed by atoms with Crippen LogP contribution >= 0.6 is 0 Å². The molecule has 3 heterocycles. The van der Waals surface area contributed by atoms with Gasteiger partial charge in [0.1, 0.15) is 24.1 Å². The molecule has 3 rings (SSSR count). The number of nitrogens with two attached hydrogens (primary N) is 1. The number of aliphatic hydroxyl groups excluding tert-OH is 3. The van der Waals surface area contributed by atoms with Gasteiger partial charge in [-0.2, -0.15) is 5.10 Å². The summed E-state index contributed by atoms with van der Waals surface area (Å²) < 4.78 is 6.86. The maximum Gasteiger partial charge on any atom is 0.389 e. The van der Waals surface area contributed by atoms with E-state index in [-0.39, 0.29) is 5.82 Å². The molecule has 1 aliphatic heterocycles. The lowest BCUT2D eigenvalue weighted by Gasteiger charge is -2.16. The van der Waals surface area contributed by atoms with E-state index in [0.717, 1.165) is 0 Å². The first-order valence-corrected chi connectivity index (χ1v) is 6.15. The lowest BCUT2D eigenvalue weighted by atomic mass is 10.0. The van der Waals surface area contributed by atoms with E-state index < -0.39 is 30.6 Å². The Balaban J connectivity index is 2.08. The zero-order valence-corrected chi connectivity index (χ0v) is 10.8. The Hall–Kier alpha value is -2.25. The van der Waals surface area contributed by atoms with Crippen LogP contribution in [0.5, 0.6) is 0 Å². The third-order valence-electron chi connectivity index (χ3n) is 3.65. The van der Waals surface area contributed by atoms with Gasteiger partial charge in [-0.05, 0) is 12.1 Å². The van der Waals surface area contributed by atoms with Crippen molar-refractivity contribution in [3.63, 3.8) is 0 Å². The maximum absolute atomic E-state index is 10.1. The van der Waals surface area contributed by atoms with Crippen LogP contribution in [-0.2, 0) is 4.74 Å². The highest BCUT2D eigenvalue weighted by Gasteiger charge is 2.61. The molecule has 2 aromatic heterocycles. The Labute approximate surface area is 119 Å². The highest BCUT2D eigenvalue weighted by atomic mass is 16.6. The molecule has 0 aromatic carbocycles. The number of ether oxygens (including phenoxy) is 1. The van der Waals surface area contributed by atoms with Gasteiger partial charge >= 0.3 is 5.72 Å². The molecule has 21 heavy (non-hydrogen) atoms. The molecule has 0 radical (unpaired) electrons. The number of nitrogen functional groups attached to an aromatic ring is 1. The average molecular weight is 291 g/mol. The molecule has 9 nitrogen and oxygen atoms in total. The van der Waals surface area contributed by atoms with E-state index in [1.54, 1.807) is 12.1 Å². The second-order valence-electron chi connectivity index (χ2n) is 4.79. The van der Waals surface area contributed by atoms with Crippen LogP contribution in [0.15, 0.2) is 18.5 Å². The fraction of sp³-hybridized carbons (Fsp3) is 0.417. The lowest BCUT2D eigenvalue weighted by Crippen LogP contribution is -2.43. The third kappa shape index (κ3) is 1.78. The summed E-state index contributed by atoms with van der Waals surface area (Å²) in [4.78, 5) is 6.97. The van der Waals surface area contributed by atoms with E-state index in [1.165, 1.54) is 10.8 Å². The van der Waals surface area contributed by atoms with E-state index in [4.69, 9.17) is 17.0 Å². The van der Waals surface area contributed by atoms with Crippen molar-refractivity contribution < 1.29 is 20.1 Å². The quantitative estimate of drug-likeness (QED) is 0.506. The summed E-state index contributed by atoms with van der Waals surface area (Å²) in [6, 6.07) is 3.25. The largest absolute Gasteiger partial charge is 0.389 e. The molecule has 1 fully saturated rings. The average Bonchev–Trinajstić information content (AvgIpc) is 3.02. The van der Waals surface area contributed by atoms with Crippen LogP contribution in [0.25, 0.3) is 10.4 Å². The van der Waals surface area contributed by atoms with E-state index >= 15 is 0 Å². The molecule has 5 N–H and O–H groups in total. The van der Waals surface area contributed by atoms with Gasteiger partial charge in [0.05, 0.1) is 5.69 Å². The Morgan fingerprint density at radius 2 is 2.24 bits per heavy atom. The number of aromatic nitrogens is 3. The molecule has 1 saturated heterocycles. The van der Waals surface area contributed by atoms with Crippen molar-refractivity contribution in [3.05, 3.63) is 35.6 Å². The SMILES string of the molecule is [C-]#[N+][C@]1(CO)O[C@@H](c2ccc3c(N)ncnn23)[C@H](O)[C@@H]1O. The topological polar surface area (TPSA) is 130 Å². The van der Waals surface area contributed by atoms with Gasteiger partial charge < -0.3 is 21.1 Å². The monoisotopic (exact) mass is 291 g/mol. The van der Waals surface area contributed by atoms with Crippen molar-refractivity contribution in [1.82, 2.24) is 14.6 Å². The number of hydrogen-bond acceptors (Lipinski definition) is 7. The minimum absolute atomic E-state index is 0.253. The molecule has 0 spiro atoms. The molecule has 110 valence electrons. The third-order valence-corrected chi connectivity index (χ3v) is 3.65. The Bertz CT molecular complexity index is 726. The Morgan fingerprint density at radius 1 is 1.48 bits per heavy atom. The zero-order chi connectivity index (χ0) is 15.2. The molecule has 9 heteroatoms. The van der Waals surface area contributed by atoms with Crippen molar-refractivity contribution in [2.75, 3.05) is 12.3 Å². The van der Waals surface area contributed by atoms with Gasteiger partial charge in [-0.15, -0.1) is 0 Å². The number of aliphatic hydroxyl groups is 3. The van der Waals surface area contributed by atoms with Crippen LogP contribution in [0.2, 0.25) is 0 Å². The van der Waals surface area contributed by atoms with Gasteiger partial charge in [-0.1, -0.05) is 0 Å². The summed E-state index contributed by atoms with van der Waals surface area (Å²) in [5.41, 5.74) is 4.76. The van der Waals surface area contributed by atoms with E-state index in [9.17, 15) is 15.3 Å². The minimum atomic E-state index is -1.88. The van der Waals surface area contributed by atoms with E-state index in [2.05, 4.69) is 14.9 Å². The van der Waals surface area contributed by atoms with Gasteiger partial charge in [-0.3, -0.25) is 9.58 Å². The van der Waals surface area contributed by atoms with Crippen molar-refractivity contribution in [2.24, 2.45) is 0 Å². The number of rotatable bonds is 2. The standard InChI is InChI=1S/C12H13N5O4/c1-14-12(4-18)10(20)8(19)9(21-12)6-2-3-7-11(13)15-5-16-17(6)7/h2-3,5,8-10,18-20H,4H2,(H2,13,15,16)/t8-,9-,10-,12+/m0/s1. The predicted octanol–water partition coefficient (Wildman–Crippen LogP) is -1.29. The van der Waals surface area contributed by atoms with Crippen LogP contribution in [0.1, 0.15) is 11.8 Å². The second-order valence-corrected chi connectivity index (χ2v) is 4.79. The predicted molar refractivity (Wildman–Crippen MR) is 69.7 cm³/mol. The van der Waals surface area contributed by atoms with Crippen molar-refractivity contribution in [2.45, 2.75) is 24.0 Å². The van der Waals surface area contributed by atoms with E-state index in [0.29, 0.717) is 11.2 Å². The number of anilines is 1. The number of nitrogens with zero attached hydrogens (tertiary/aromatic N) is 4. The van der Waals surface area contributed by atoms with Gasteiger partial charge in [-0.25, -0.2) is 16.1 Å². The summed E-state index contributed by atoms with van der Waals surface area (Å²) in [5, 5.41) is 33.5. The summed E-state index contributed by atoms with van der Waals surface area (Å²) >= 11 is 0. The molecule has 0 amide bonds. The molecule has 0 aliphatic carbocycles. The normalized spacial score (nSPS) is 32.4. The first kappa shape index (κ1) is 13.7. The van der Waals surface area contributed by atoms with Crippen LogP contribution in [0.4, 0.5) is 5.82 Å². The molecule has 4 atom stereocenters. The molecular formula is C12H13N5O4. The molecular weight excluding hydrogens is 278 g/mol. The first-order chi connectivity index (χ1) is 10.0. The number of hydrogen-bond donors (Lipinski definition) is 4. The van der Waals surface area contributed by atoms with Gasteiger partial charge in [0, 0.05) is 0 Å². The summed E-state index contributed by atoms with van der Waals surface area (Å²) in [5.74, 6) is 0.253. The minimum Gasteiger partial charge on any atom is -0.387 e. The fourth-order valence-corrected chi connectivity index (χ4v) is 2.47. The van der Waals surface area contributed by atoms with Gasteiger partial charge in [0.25, 0.3) is 0 Å². The second kappa shape index (κ2) is 4.64. The zero-order valence-electron chi connectivity index (χ0n) is 10.8. The highest BCUT2D eigenvalue weighted by Crippen LogP contribution is 2.41. The molecule has 0 unspecified atom stereocenters. The molecule has 0 saturated carbocycles. The van der Waals surface area contributed by atoms with Crippen LogP contribution < -0.4 is 5.73 Å². The number of fused-ring (bicyclic) bond motifs is 1. The van der Waals surface area contributed by atoms with Crippen LogP contribution in [0, 0.1) is 6.57 Å². The molecule has 1 aliphatic rings. The van der Waals surface area contributed by atoms with Gasteiger partial charge in [0.15, 0.2) is 18.5 Å². The summed E-state index contributed by atoms with van der Waals surface area (Å²) in [6.45, 7) is 6.37.